The van der Waals surface area contributed by atoms with Gasteiger partial charge in [-0.1, -0.05) is 6.07 Å². The molecule has 24 heavy (non-hydrogen) atoms. The van der Waals surface area contributed by atoms with Gasteiger partial charge in [-0.2, -0.15) is 0 Å². The van der Waals surface area contributed by atoms with E-state index < -0.39 is 28.9 Å². The molecular formula is C16H13FN2O5. The highest BCUT2D eigenvalue weighted by Gasteiger charge is 2.17. The zero-order valence-corrected chi connectivity index (χ0v) is 12.6. The number of carbonyl (C=O) groups excluding carboxylic acids is 2. The molecule has 7 nitrogen and oxygen atoms in total. The molecule has 0 aliphatic heterocycles. The second-order valence-electron chi connectivity index (χ2n) is 4.92. The first-order valence-electron chi connectivity index (χ1n) is 6.83. The van der Waals surface area contributed by atoms with E-state index >= 15 is 0 Å². The molecule has 0 aliphatic carbocycles. The number of hydrogen-bond donors (Lipinski definition) is 1. The standard InChI is InChI=1S/C16H13FN2O5/c1-10-2-4-13(12(17)6-10)18-16(21)9-24-15-5-3-11(8-20)7-14(15)19(22)23/h2-8H,9H2,1H3,(H,18,21). The number of ether oxygens (including phenoxy) is 1. The predicted molar refractivity (Wildman–Crippen MR) is 83.7 cm³/mol. The van der Waals surface area contributed by atoms with Gasteiger partial charge >= 0.3 is 5.69 Å². The predicted octanol–water partition coefficient (Wildman–Crippen LogP) is 2.87. The number of hydrogen-bond acceptors (Lipinski definition) is 5. The van der Waals surface area contributed by atoms with Crippen LogP contribution in [0.3, 0.4) is 0 Å². The SMILES string of the molecule is Cc1ccc(NC(=O)COc2ccc(C=O)cc2[N+](=O)[O-])c(F)c1. The summed E-state index contributed by atoms with van der Waals surface area (Å²) in [7, 11) is 0. The number of carbonyl (C=O) groups is 2. The maximum atomic E-state index is 13.6. The van der Waals surface area contributed by atoms with Crippen molar-refractivity contribution in [2.24, 2.45) is 0 Å². The van der Waals surface area contributed by atoms with Crippen molar-refractivity contribution in [1.29, 1.82) is 0 Å². The lowest BCUT2D eigenvalue weighted by molar-refractivity contribution is -0.385. The molecule has 0 radical (unpaired) electrons. The van der Waals surface area contributed by atoms with Crippen molar-refractivity contribution in [2.75, 3.05) is 11.9 Å². The largest absolute Gasteiger partial charge is 0.477 e. The van der Waals surface area contributed by atoms with Crippen LogP contribution in [0.5, 0.6) is 5.75 Å². The van der Waals surface area contributed by atoms with Crippen LogP contribution in [0.4, 0.5) is 15.8 Å². The average Bonchev–Trinajstić information content (AvgIpc) is 2.55. The molecule has 0 atom stereocenters. The monoisotopic (exact) mass is 332 g/mol. The Morgan fingerprint density at radius 2 is 2.08 bits per heavy atom. The number of aldehydes is 1. The van der Waals surface area contributed by atoms with Crippen molar-refractivity contribution in [1.82, 2.24) is 0 Å². The molecule has 2 aromatic carbocycles. The Labute approximate surface area is 136 Å². The van der Waals surface area contributed by atoms with Gasteiger partial charge in [0.25, 0.3) is 5.91 Å². The van der Waals surface area contributed by atoms with Crippen molar-refractivity contribution >= 4 is 23.6 Å². The van der Waals surface area contributed by atoms with E-state index in [0.717, 1.165) is 6.07 Å². The molecule has 2 rings (SSSR count). The van der Waals surface area contributed by atoms with Gasteiger partial charge in [0.1, 0.15) is 12.1 Å². The highest BCUT2D eigenvalue weighted by molar-refractivity contribution is 5.92. The molecule has 0 spiro atoms. The zero-order chi connectivity index (χ0) is 17.7. The summed E-state index contributed by atoms with van der Waals surface area (Å²) in [6, 6.07) is 7.89. The highest BCUT2D eigenvalue weighted by Crippen LogP contribution is 2.27. The van der Waals surface area contributed by atoms with Crippen molar-refractivity contribution in [2.45, 2.75) is 6.92 Å². The lowest BCUT2D eigenvalue weighted by Gasteiger charge is -2.09. The van der Waals surface area contributed by atoms with E-state index in [1.165, 1.54) is 24.3 Å². The van der Waals surface area contributed by atoms with Crippen LogP contribution in [0, 0.1) is 22.9 Å². The summed E-state index contributed by atoms with van der Waals surface area (Å²) >= 11 is 0. The van der Waals surface area contributed by atoms with Gasteiger partial charge in [0.2, 0.25) is 0 Å². The third kappa shape index (κ3) is 4.13. The minimum absolute atomic E-state index is 0.0139. The molecule has 0 aliphatic rings. The molecule has 2 aromatic rings. The van der Waals surface area contributed by atoms with E-state index in [1.807, 2.05) is 0 Å². The van der Waals surface area contributed by atoms with Crippen LogP contribution in [-0.4, -0.2) is 23.7 Å². The fourth-order valence-corrected chi connectivity index (χ4v) is 1.92. The minimum Gasteiger partial charge on any atom is -0.477 e. The number of nitro benzene ring substituents is 1. The fraction of sp³-hybridized carbons (Fsp3) is 0.125. The molecule has 0 fully saturated rings. The van der Waals surface area contributed by atoms with Gasteiger partial charge in [-0.25, -0.2) is 4.39 Å². The van der Waals surface area contributed by atoms with Crippen molar-refractivity contribution in [3.63, 3.8) is 0 Å². The summed E-state index contributed by atoms with van der Waals surface area (Å²) in [6.45, 7) is 1.16. The third-order valence-corrected chi connectivity index (χ3v) is 3.07. The Bertz CT molecular complexity index is 807. The number of nitro groups is 1. The maximum Gasteiger partial charge on any atom is 0.311 e. The van der Waals surface area contributed by atoms with Crippen LogP contribution in [-0.2, 0) is 4.79 Å². The molecule has 1 amide bonds. The number of amides is 1. The van der Waals surface area contributed by atoms with Crippen LogP contribution in [0.2, 0.25) is 0 Å². The first-order valence-corrected chi connectivity index (χ1v) is 6.83. The molecule has 0 saturated heterocycles. The molecule has 0 heterocycles. The van der Waals surface area contributed by atoms with Gasteiger partial charge in [0.15, 0.2) is 12.4 Å². The van der Waals surface area contributed by atoms with Gasteiger partial charge in [-0.15, -0.1) is 0 Å². The van der Waals surface area contributed by atoms with Crippen LogP contribution < -0.4 is 10.1 Å². The van der Waals surface area contributed by atoms with E-state index in [-0.39, 0.29) is 17.0 Å². The van der Waals surface area contributed by atoms with E-state index in [0.29, 0.717) is 11.8 Å². The van der Waals surface area contributed by atoms with Gasteiger partial charge in [-0.3, -0.25) is 19.7 Å². The van der Waals surface area contributed by atoms with Gasteiger partial charge in [0.05, 0.1) is 10.6 Å². The number of rotatable bonds is 6. The summed E-state index contributed by atoms with van der Waals surface area (Å²) in [5.74, 6) is -1.43. The lowest BCUT2D eigenvalue weighted by atomic mass is 10.2. The average molecular weight is 332 g/mol. The second kappa shape index (κ2) is 7.32. The molecule has 0 saturated carbocycles. The Kier molecular flexibility index (Phi) is 5.20. The van der Waals surface area contributed by atoms with E-state index in [9.17, 15) is 24.1 Å². The molecule has 124 valence electrons. The summed E-state index contributed by atoms with van der Waals surface area (Å²) in [4.78, 5) is 32.7. The van der Waals surface area contributed by atoms with Gasteiger partial charge < -0.3 is 10.1 Å². The van der Waals surface area contributed by atoms with E-state index in [1.54, 1.807) is 13.0 Å². The Morgan fingerprint density at radius 3 is 2.71 bits per heavy atom. The number of benzene rings is 2. The Hall–Kier alpha value is -3.29. The van der Waals surface area contributed by atoms with Gasteiger partial charge in [-0.05, 0) is 36.8 Å². The van der Waals surface area contributed by atoms with Crippen LogP contribution >= 0.6 is 0 Å². The normalized spacial score (nSPS) is 10.1. The summed E-state index contributed by atoms with van der Waals surface area (Å²) in [5, 5.41) is 13.3. The number of aryl methyl sites for hydroxylation is 1. The molecule has 8 heteroatoms. The topological polar surface area (TPSA) is 98.5 Å². The highest BCUT2D eigenvalue weighted by atomic mass is 19.1. The number of nitrogens with one attached hydrogen (secondary N) is 1. The van der Waals surface area contributed by atoms with Crippen LogP contribution in [0.25, 0.3) is 0 Å². The number of halogens is 1. The van der Waals surface area contributed by atoms with Crippen molar-refractivity contribution in [3.8, 4) is 5.75 Å². The Balaban J connectivity index is 2.06. The minimum atomic E-state index is -0.722. The zero-order valence-electron chi connectivity index (χ0n) is 12.6. The molecule has 0 aromatic heterocycles. The quantitative estimate of drug-likeness (QED) is 0.498. The summed E-state index contributed by atoms with van der Waals surface area (Å²) in [5.41, 5.74) is 0.363. The first-order chi connectivity index (χ1) is 11.4. The van der Waals surface area contributed by atoms with Crippen LogP contribution in [0.1, 0.15) is 15.9 Å². The second-order valence-corrected chi connectivity index (χ2v) is 4.92. The third-order valence-electron chi connectivity index (χ3n) is 3.07. The molecule has 1 N–H and O–H groups in total. The fourth-order valence-electron chi connectivity index (χ4n) is 1.92. The number of anilines is 1. The molecule has 0 unspecified atom stereocenters. The maximum absolute atomic E-state index is 13.6. The smallest absolute Gasteiger partial charge is 0.311 e. The lowest BCUT2D eigenvalue weighted by Crippen LogP contribution is -2.21. The van der Waals surface area contributed by atoms with E-state index in [4.69, 9.17) is 4.74 Å². The summed E-state index contributed by atoms with van der Waals surface area (Å²) < 4.78 is 18.8. The summed E-state index contributed by atoms with van der Waals surface area (Å²) in [6.07, 6.45) is 0.462. The van der Waals surface area contributed by atoms with Crippen molar-refractivity contribution in [3.05, 3.63) is 63.5 Å². The first kappa shape index (κ1) is 17.1. The molecular weight excluding hydrogens is 319 g/mol. The number of nitrogens with zero attached hydrogens (tertiary/aromatic N) is 1. The van der Waals surface area contributed by atoms with Crippen LogP contribution in [0.15, 0.2) is 36.4 Å². The van der Waals surface area contributed by atoms with E-state index in [2.05, 4.69) is 5.32 Å². The molecule has 0 bridgehead atoms. The van der Waals surface area contributed by atoms with Gasteiger partial charge in [0, 0.05) is 11.6 Å². The van der Waals surface area contributed by atoms with Crippen molar-refractivity contribution < 1.29 is 23.6 Å². The Morgan fingerprint density at radius 1 is 1.33 bits per heavy atom.